The van der Waals surface area contributed by atoms with Gasteiger partial charge in [0, 0.05) is 12.8 Å². The van der Waals surface area contributed by atoms with Gasteiger partial charge in [-0.1, -0.05) is 18.7 Å². The Balaban J connectivity index is 2.41. The van der Waals surface area contributed by atoms with Gasteiger partial charge in [0.1, 0.15) is 5.82 Å². The van der Waals surface area contributed by atoms with Crippen LogP contribution >= 0.6 is 11.8 Å². The van der Waals surface area contributed by atoms with E-state index in [0.29, 0.717) is 5.92 Å². The predicted molar refractivity (Wildman–Crippen MR) is 59.6 cm³/mol. The zero-order valence-corrected chi connectivity index (χ0v) is 10.1. The molecule has 0 aliphatic rings. The fourth-order valence-corrected chi connectivity index (χ4v) is 2.11. The standard InChI is InChI=1S/C9H18N4S/c1-7(5-10-3)6-14-9-12-11-8(2)13(9)4/h7,10H,5-6H2,1-4H3. The lowest BCUT2D eigenvalue weighted by Crippen LogP contribution is -2.18. The quantitative estimate of drug-likeness (QED) is 0.745. The molecule has 0 saturated heterocycles. The monoisotopic (exact) mass is 214 g/mol. The third kappa shape index (κ3) is 2.99. The van der Waals surface area contributed by atoms with Crippen molar-refractivity contribution in [3.05, 3.63) is 5.82 Å². The van der Waals surface area contributed by atoms with Crippen molar-refractivity contribution in [3.8, 4) is 0 Å². The minimum Gasteiger partial charge on any atom is -0.319 e. The van der Waals surface area contributed by atoms with Crippen molar-refractivity contribution in [2.45, 2.75) is 19.0 Å². The highest BCUT2D eigenvalue weighted by Crippen LogP contribution is 2.17. The van der Waals surface area contributed by atoms with Crippen molar-refractivity contribution in [1.29, 1.82) is 0 Å². The molecule has 4 nitrogen and oxygen atoms in total. The molecule has 1 rings (SSSR count). The van der Waals surface area contributed by atoms with Gasteiger partial charge in [0.15, 0.2) is 5.16 Å². The van der Waals surface area contributed by atoms with Crippen LogP contribution in [0.1, 0.15) is 12.7 Å². The molecule has 0 saturated carbocycles. The Labute approximate surface area is 89.5 Å². The molecular formula is C9H18N4S. The molecule has 1 aromatic rings. The number of aryl methyl sites for hydroxylation is 1. The van der Waals surface area contributed by atoms with E-state index in [9.17, 15) is 0 Å². The molecule has 0 radical (unpaired) electrons. The molecule has 1 N–H and O–H groups in total. The predicted octanol–water partition coefficient (Wildman–Crippen LogP) is 1.07. The second-order valence-corrected chi connectivity index (χ2v) is 4.55. The lowest BCUT2D eigenvalue weighted by molar-refractivity contribution is 0.602. The first-order chi connectivity index (χ1) is 6.65. The molecule has 0 aromatic carbocycles. The Kier molecular flexibility index (Phi) is 4.41. The van der Waals surface area contributed by atoms with Crippen LogP contribution in [-0.4, -0.2) is 34.1 Å². The summed E-state index contributed by atoms with van der Waals surface area (Å²) >= 11 is 1.77. The summed E-state index contributed by atoms with van der Waals surface area (Å²) in [6.07, 6.45) is 0. The molecule has 5 heteroatoms. The number of nitrogens with one attached hydrogen (secondary N) is 1. The van der Waals surface area contributed by atoms with Crippen molar-refractivity contribution in [1.82, 2.24) is 20.1 Å². The van der Waals surface area contributed by atoms with Crippen molar-refractivity contribution >= 4 is 11.8 Å². The number of nitrogens with zero attached hydrogens (tertiary/aromatic N) is 3. The number of hydrogen-bond donors (Lipinski definition) is 1. The van der Waals surface area contributed by atoms with E-state index in [0.717, 1.165) is 23.3 Å². The van der Waals surface area contributed by atoms with Crippen LogP contribution in [0.15, 0.2) is 5.16 Å². The summed E-state index contributed by atoms with van der Waals surface area (Å²) in [6.45, 7) is 5.24. The number of rotatable bonds is 5. The SMILES string of the molecule is CNCC(C)CSc1nnc(C)n1C. The van der Waals surface area contributed by atoms with Crippen LogP contribution in [0, 0.1) is 12.8 Å². The molecule has 1 aromatic heterocycles. The normalized spacial score (nSPS) is 13.1. The molecule has 0 aliphatic heterocycles. The van der Waals surface area contributed by atoms with Crippen molar-refractivity contribution < 1.29 is 0 Å². The van der Waals surface area contributed by atoms with Gasteiger partial charge in [-0.3, -0.25) is 0 Å². The van der Waals surface area contributed by atoms with Crippen LogP contribution in [0.25, 0.3) is 0 Å². The maximum Gasteiger partial charge on any atom is 0.190 e. The highest BCUT2D eigenvalue weighted by atomic mass is 32.2. The van der Waals surface area contributed by atoms with E-state index in [1.54, 1.807) is 11.8 Å². The average molecular weight is 214 g/mol. The summed E-state index contributed by atoms with van der Waals surface area (Å²) in [5.74, 6) is 2.70. The Hall–Kier alpha value is -0.550. The molecule has 0 amide bonds. The van der Waals surface area contributed by atoms with E-state index in [1.807, 2.05) is 25.6 Å². The maximum atomic E-state index is 4.10. The van der Waals surface area contributed by atoms with E-state index >= 15 is 0 Å². The second-order valence-electron chi connectivity index (χ2n) is 3.56. The third-order valence-electron chi connectivity index (χ3n) is 2.10. The largest absolute Gasteiger partial charge is 0.319 e. The molecule has 1 heterocycles. The van der Waals surface area contributed by atoms with Crippen LogP contribution in [0.5, 0.6) is 0 Å². The Morgan fingerprint density at radius 2 is 2.21 bits per heavy atom. The Morgan fingerprint density at radius 3 is 2.71 bits per heavy atom. The summed E-state index contributed by atoms with van der Waals surface area (Å²) < 4.78 is 2.02. The van der Waals surface area contributed by atoms with E-state index < -0.39 is 0 Å². The van der Waals surface area contributed by atoms with Gasteiger partial charge in [-0.25, -0.2) is 0 Å². The minimum absolute atomic E-state index is 0.655. The Bertz CT molecular complexity index is 284. The molecule has 0 bridgehead atoms. The summed E-state index contributed by atoms with van der Waals surface area (Å²) in [5.41, 5.74) is 0. The number of thioether (sulfide) groups is 1. The van der Waals surface area contributed by atoms with E-state index in [-0.39, 0.29) is 0 Å². The second kappa shape index (κ2) is 5.36. The molecule has 0 spiro atoms. The van der Waals surface area contributed by atoms with Crippen LogP contribution < -0.4 is 5.32 Å². The minimum atomic E-state index is 0.655. The fourth-order valence-electron chi connectivity index (χ4n) is 1.14. The van der Waals surface area contributed by atoms with Crippen molar-refractivity contribution in [3.63, 3.8) is 0 Å². The molecule has 14 heavy (non-hydrogen) atoms. The van der Waals surface area contributed by atoms with Gasteiger partial charge in [0.05, 0.1) is 0 Å². The fraction of sp³-hybridized carbons (Fsp3) is 0.778. The first kappa shape index (κ1) is 11.5. The van der Waals surface area contributed by atoms with Crippen molar-refractivity contribution in [2.75, 3.05) is 19.3 Å². The first-order valence-electron chi connectivity index (χ1n) is 4.78. The maximum absolute atomic E-state index is 4.10. The van der Waals surface area contributed by atoms with E-state index in [2.05, 4.69) is 22.4 Å². The summed E-state index contributed by atoms with van der Waals surface area (Å²) in [5, 5.41) is 12.3. The van der Waals surface area contributed by atoms with E-state index in [1.165, 1.54) is 0 Å². The van der Waals surface area contributed by atoms with Crippen LogP contribution in [0.4, 0.5) is 0 Å². The number of hydrogen-bond acceptors (Lipinski definition) is 4. The van der Waals surface area contributed by atoms with Gasteiger partial charge >= 0.3 is 0 Å². The molecular weight excluding hydrogens is 196 g/mol. The van der Waals surface area contributed by atoms with Gasteiger partial charge in [-0.05, 0) is 26.4 Å². The molecule has 1 atom stereocenters. The highest BCUT2D eigenvalue weighted by Gasteiger charge is 2.07. The van der Waals surface area contributed by atoms with Gasteiger partial charge in [-0.15, -0.1) is 10.2 Å². The van der Waals surface area contributed by atoms with Crippen LogP contribution in [0.2, 0.25) is 0 Å². The Morgan fingerprint density at radius 1 is 1.50 bits per heavy atom. The molecule has 80 valence electrons. The lowest BCUT2D eigenvalue weighted by Gasteiger charge is -2.09. The van der Waals surface area contributed by atoms with E-state index in [4.69, 9.17) is 0 Å². The van der Waals surface area contributed by atoms with Crippen molar-refractivity contribution in [2.24, 2.45) is 13.0 Å². The third-order valence-corrected chi connectivity index (χ3v) is 3.45. The van der Waals surface area contributed by atoms with Gasteiger partial charge in [0.2, 0.25) is 0 Å². The number of aromatic nitrogens is 3. The highest BCUT2D eigenvalue weighted by molar-refractivity contribution is 7.99. The summed E-state index contributed by atoms with van der Waals surface area (Å²) in [6, 6.07) is 0. The zero-order valence-electron chi connectivity index (χ0n) is 9.24. The molecule has 0 fully saturated rings. The lowest BCUT2D eigenvalue weighted by atomic mass is 10.2. The van der Waals surface area contributed by atoms with Gasteiger partial charge in [-0.2, -0.15) is 0 Å². The van der Waals surface area contributed by atoms with Crippen LogP contribution in [-0.2, 0) is 7.05 Å². The first-order valence-corrected chi connectivity index (χ1v) is 5.77. The smallest absolute Gasteiger partial charge is 0.190 e. The zero-order chi connectivity index (χ0) is 10.6. The summed E-state index contributed by atoms with van der Waals surface area (Å²) in [7, 11) is 3.98. The van der Waals surface area contributed by atoms with Gasteiger partial charge < -0.3 is 9.88 Å². The van der Waals surface area contributed by atoms with Gasteiger partial charge in [0.25, 0.3) is 0 Å². The average Bonchev–Trinajstić information content (AvgIpc) is 2.46. The van der Waals surface area contributed by atoms with Crippen LogP contribution in [0.3, 0.4) is 0 Å². The summed E-state index contributed by atoms with van der Waals surface area (Å²) in [4.78, 5) is 0. The molecule has 1 unspecified atom stereocenters. The molecule has 0 aliphatic carbocycles. The topological polar surface area (TPSA) is 42.7 Å².